The van der Waals surface area contributed by atoms with Crippen molar-refractivity contribution in [2.24, 2.45) is 0 Å². The highest BCUT2D eigenvalue weighted by atomic mass is 35.5. The molecule has 20 heavy (non-hydrogen) atoms. The van der Waals surface area contributed by atoms with Crippen molar-refractivity contribution in [2.75, 3.05) is 18.2 Å². The summed E-state index contributed by atoms with van der Waals surface area (Å²) < 4.78 is 4.95. The number of ether oxygens (including phenoxy) is 1. The van der Waals surface area contributed by atoms with Crippen LogP contribution in [0, 0.1) is 6.92 Å². The molecule has 1 amide bonds. The third-order valence-electron chi connectivity index (χ3n) is 2.46. The Morgan fingerprint density at radius 3 is 2.85 bits per heavy atom. The van der Waals surface area contributed by atoms with Gasteiger partial charge in [0.2, 0.25) is 11.8 Å². The van der Waals surface area contributed by atoms with Crippen LogP contribution in [-0.2, 0) is 0 Å². The number of hydrogen-bond acceptors (Lipinski definition) is 6. The topological polar surface area (TPSA) is 103 Å². The lowest BCUT2D eigenvalue weighted by Crippen LogP contribution is -2.16. The molecule has 104 valence electrons. The molecule has 8 heteroatoms. The van der Waals surface area contributed by atoms with E-state index in [4.69, 9.17) is 22.1 Å². The van der Waals surface area contributed by atoms with Crippen molar-refractivity contribution in [3.05, 3.63) is 34.7 Å². The molecular formula is C12H12ClN5O2. The fraction of sp³-hybridized carbons (Fsp3) is 0.167. The average Bonchev–Trinajstić information content (AvgIpc) is 2.40. The Morgan fingerprint density at radius 2 is 2.15 bits per heavy atom. The SMILES string of the molecule is COc1cc(Cl)nc(NC(=O)c2cc(N)cnc2C)n1. The summed E-state index contributed by atoms with van der Waals surface area (Å²) in [6.07, 6.45) is 1.48. The summed E-state index contributed by atoms with van der Waals surface area (Å²) in [6, 6.07) is 2.96. The lowest BCUT2D eigenvalue weighted by molar-refractivity contribution is 0.102. The quantitative estimate of drug-likeness (QED) is 0.835. The zero-order chi connectivity index (χ0) is 14.7. The minimum absolute atomic E-state index is 0.0428. The van der Waals surface area contributed by atoms with Crippen LogP contribution in [0.15, 0.2) is 18.3 Å². The molecular weight excluding hydrogens is 282 g/mol. The summed E-state index contributed by atoms with van der Waals surface area (Å²) in [5.41, 5.74) is 6.89. The number of aryl methyl sites for hydroxylation is 1. The molecule has 0 aliphatic carbocycles. The zero-order valence-electron chi connectivity index (χ0n) is 10.8. The predicted molar refractivity (Wildman–Crippen MR) is 74.9 cm³/mol. The minimum atomic E-state index is -0.424. The van der Waals surface area contributed by atoms with Crippen molar-refractivity contribution in [1.29, 1.82) is 0 Å². The van der Waals surface area contributed by atoms with Gasteiger partial charge >= 0.3 is 0 Å². The van der Waals surface area contributed by atoms with E-state index in [1.54, 1.807) is 6.92 Å². The number of halogens is 1. The predicted octanol–water partition coefficient (Wildman–Crippen LogP) is 1.68. The number of anilines is 2. The number of carbonyl (C=O) groups excluding carboxylic acids is 1. The molecule has 0 aliphatic rings. The number of nitrogens with one attached hydrogen (secondary N) is 1. The van der Waals surface area contributed by atoms with Crippen LogP contribution in [0.4, 0.5) is 11.6 Å². The summed E-state index contributed by atoms with van der Waals surface area (Å²) >= 11 is 5.80. The van der Waals surface area contributed by atoms with E-state index < -0.39 is 5.91 Å². The third-order valence-corrected chi connectivity index (χ3v) is 2.65. The maximum atomic E-state index is 12.1. The van der Waals surface area contributed by atoms with E-state index in [0.29, 0.717) is 16.9 Å². The van der Waals surface area contributed by atoms with E-state index in [-0.39, 0.29) is 17.0 Å². The van der Waals surface area contributed by atoms with E-state index in [1.807, 2.05) is 0 Å². The molecule has 0 spiro atoms. The molecule has 0 aliphatic heterocycles. The smallest absolute Gasteiger partial charge is 0.259 e. The summed E-state index contributed by atoms with van der Waals surface area (Å²) in [7, 11) is 1.44. The summed E-state index contributed by atoms with van der Waals surface area (Å²) in [6.45, 7) is 1.70. The first kappa shape index (κ1) is 14.0. The minimum Gasteiger partial charge on any atom is -0.481 e. The zero-order valence-corrected chi connectivity index (χ0v) is 11.6. The van der Waals surface area contributed by atoms with Gasteiger partial charge in [0.25, 0.3) is 5.91 Å². The maximum Gasteiger partial charge on any atom is 0.259 e. The summed E-state index contributed by atoms with van der Waals surface area (Å²) in [5, 5.41) is 2.68. The van der Waals surface area contributed by atoms with Gasteiger partial charge < -0.3 is 10.5 Å². The van der Waals surface area contributed by atoms with Crippen molar-refractivity contribution in [1.82, 2.24) is 15.0 Å². The van der Waals surface area contributed by atoms with Crippen LogP contribution in [0.3, 0.4) is 0 Å². The van der Waals surface area contributed by atoms with Gasteiger partial charge in [0, 0.05) is 6.07 Å². The van der Waals surface area contributed by atoms with Gasteiger partial charge in [0.15, 0.2) is 0 Å². The monoisotopic (exact) mass is 293 g/mol. The molecule has 2 heterocycles. The van der Waals surface area contributed by atoms with Crippen LogP contribution in [0.1, 0.15) is 16.1 Å². The summed E-state index contributed by atoms with van der Waals surface area (Å²) in [4.78, 5) is 24.0. The van der Waals surface area contributed by atoms with Gasteiger partial charge in [0.1, 0.15) is 5.15 Å². The first-order chi connectivity index (χ1) is 9.49. The molecule has 7 nitrogen and oxygen atoms in total. The normalized spacial score (nSPS) is 10.2. The van der Waals surface area contributed by atoms with E-state index >= 15 is 0 Å². The number of nitrogen functional groups attached to an aromatic ring is 1. The molecule has 2 aromatic heterocycles. The Hall–Kier alpha value is -2.41. The number of pyridine rings is 1. The van der Waals surface area contributed by atoms with Crippen LogP contribution in [0.2, 0.25) is 5.15 Å². The van der Waals surface area contributed by atoms with Gasteiger partial charge in [-0.15, -0.1) is 0 Å². The molecule has 0 radical (unpaired) electrons. The van der Waals surface area contributed by atoms with Crippen molar-refractivity contribution < 1.29 is 9.53 Å². The first-order valence-corrected chi connectivity index (χ1v) is 5.99. The highest BCUT2D eigenvalue weighted by molar-refractivity contribution is 6.29. The molecule has 0 atom stereocenters. The van der Waals surface area contributed by atoms with Crippen molar-refractivity contribution >= 4 is 29.1 Å². The Morgan fingerprint density at radius 1 is 1.40 bits per heavy atom. The van der Waals surface area contributed by atoms with Crippen molar-refractivity contribution in [3.8, 4) is 5.88 Å². The molecule has 2 aromatic rings. The Balaban J connectivity index is 2.27. The Bertz CT molecular complexity index is 662. The lowest BCUT2D eigenvalue weighted by Gasteiger charge is -2.08. The number of rotatable bonds is 3. The Labute approximate surface area is 120 Å². The molecule has 0 unspecified atom stereocenters. The summed E-state index contributed by atoms with van der Waals surface area (Å²) in [5.74, 6) is -0.129. The van der Waals surface area contributed by atoms with Crippen LogP contribution in [0.5, 0.6) is 5.88 Å². The molecule has 0 bridgehead atoms. The van der Waals surface area contributed by atoms with Crippen LogP contribution < -0.4 is 15.8 Å². The van der Waals surface area contributed by atoms with Gasteiger partial charge in [-0.1, -0.05) is 11.6 Å². The number of carbonyl (C=O) groups is 1. The van der Waals surface area contributed by atoms with Crippen LogP contribution in [0.25, 0.3) is 0 Å². The molecule has 0 aromatic carbocycles. The van der Waals surface area contributed by atoms with E-state index in [2.05, 4.69) is 20.3 Å². The standard InChI is InChI=1S/C12H12ClN5O2/c1-6-8(3-7(14)5-15-6)11(19)18-12-16-9(13)4-10(17-12)20-2/h3-5H,14H2,1-2H3,(H,16,17,18,19). The number of amides is 1. The molecule has 0 fully saturated rings. The highest BCUT2D eigenvalue weighted by Crippen LogP contribution is 2.17. The molecule has 0 saturated heterocycles. The number of nitrogens with zero attached hydrogens (tertiary/aromatic N) is 3. The molecule has 3 N–H and O–H groups in total. The number of methoxy groups -OCH3 is 1. The Kier molecular flexibility index (Phi) is 3.99. The maximum absolute atomic E-state index is 12.1. The van der Waals surface area contributed by atoms with Crippen LogP contribution >= 0.6 is 11.6 Å². The second-order valence-electron chi connectivity index (χ2n) is 3.91. The second kappa shape index (κ2) is 5.70. The van der Waals surface area contributed by atoms with E-state index in [1.165, 1.54) is 25.4 Å². The van der Waals surface area contributed by atoms with E-state index in [9.17, 15) is 4.79 Å². The van der Waals surface area contributed by atoms with Gasteiger partial charge in [-0.25, -0.2) is 4.98 Å². The third kappa shape index (κ3) is 3.12. The fourth-order valence-corrected chi connectivity index (χ4v) is 1.68. The number of hydrogen-bond donors (Lipinski definition) is 2. The average molecular weight is 294 g/mol. The van der Waals surface area contributed by atoms with Gasteiger partial charge in [-0.05, 0) is 13.0 Å². The fourth-order valence-electron chi connectivity index (χ4n) is 1.51. The number of aromatic nitrogens is 3. The van der Waals surface area contributed by atoms with Gasteiger partial charge in [-0.2, -0.15) is 4.98 Å². The van der Waals surface area contributed by atoms with Crippen LogP contribution in [-0.4, -0.2) is 28.0 Å². The van der Waals surface area contributed by atoms with Crippen molar-refractivity contribution in [3.63, 3.8) is 0 Å². The van der Waals surface area contributed by atoms with Crippen molar-refractivity contribution in [2.45, 2.75) is 6.92 Å². The van der Waals surface area contributed by atoms with Gasteiger partial charge in [-0.3, -0.25) is 15.1 Å². The largest absolute Gasteiger partial charge is 0.481 e. The lowest BCUT2D eigenvalue weighted by atomic mass is 10.2. The highest BCUT2D eigenvalue weighted by Gasteiger charge is 2.13. The van der Waals surface area contributed by atoms with E-state index in [0.717, 1.165) is 0 Å². The number of nitrogens with two attached hydrogens (primary N) is 1. The van der Waals surface area contributed by atoms with Gasteiger partial charge in [0.05, 0.1) is 30.3 Å². The second-order valence-corrected chi connectivity index (χ2v) is 4.30. The molecule has 0 saturated carbocycles. The first-order valence-electron chi connectivity index (χ1n) is 5.61. The molecule has 2 rings (SSSR count).